The second-order valence-corrected chi connectivity index (χ2v) is 5.50. The fourth-order valence-corrected chi connectivity index (χ4v) is 3.59. The molecule has 5 heteroatoms. The minimum Gasteiger partial charge on any atom is -0.467 e. The summed E-state index contributed by atoms with van der Waals surface area (Å²) in [4.78, 5) is 15.6. The molecule has 0 aromatic heterocycles. The van der Waals surface area contributed by atoms with Crippen LogP contribution in [0.1, 0.15) is 32.6 Å². The van der Waals surface area contributed by atoms with Crippen LogP contribution in [-0.2, 0) is 9.53 Å². The fraction of sp³-hybridized carbons (Fsp3) is 0.818. The number of aliphatic imine (C=N–C) groups is 1. The number of rotatable bonds is 2. The third-order valence-corrected chi connectivity index (χ3v) is 4.45. The Morgan fingerprint density at radius 3 is 2.88 bits per heavy atom. The molecule has 1 aliphatic carbocycles. The van der Waals surface area contributed by atoms with Crippen molar-refractivity contribution < 1.29 is 9.53 Å². The molecular weight excluding hydrogens is 224 g/mol. The van der Waals surface area contributed by atoms with Gasteiger partial charge in [-0.05, 0) is 19.8 Å². The van der Waals surface area contributed by atoms with E-state index in [1.807, 2.05) is 0 Å². The van der Waals surface area contributed by atoms with Crippen molar-refractivity contribution >= 4 is 22.9 Å². The zero-order valence-corrected chi connectivity index (χ0v) is 10.6. The monoisotopic (exact) mass is 242 g/mol. The summed E-state index contributed by atoms with van der Waals surface area (Å²) >= 11 is 1.73. The van der Waals surface area contributed by atoms with E-state index >= 15 is 0 Å². The number of amidine groups is 1. The third-order valence-electron chi connectivity index (χ3n) is 3.27. The maximum absolute atomic E-state index is 11.2. The first-order valence-electron chi connectivity index (χ1n) is 5.72. The maximum atomic E-state index is 11.2. The number of hydrogen-bond acceptors (Lipinski definition) is 4. The van der Waals surface area contributed by atoms with Gasteiger partial charge in [0.25, 0.3) is 0 Å². The van der Waals surface area contributed by atoms with Crippen molar-refractivity contribution in [1.82, 2.24) is 5.32 Å². The Kier molecular flexibility index (Phi) is 3.42. The van der Waals surface area contributed by atoms with Crippen molar-refractivity contribution in [1.29, 1.82) is 0 Å². The van der Waals surface area contributed by atoms with Gasteiger partial charge in [-0.1, -0.05) is 24.6 Å². The van der Waals surface area contributed by atoms with Gasteiger partial charge in [-0.3, -0.25) is 0 Å². The Morgan fingerprint density at radius 1 is 1.56 bits per heavy atom. The van der Waals surface area contributed by atoms with E-state index in [-0.39, 0.29) is 11.5 Å². The van der Waals surface area contributed by atoms with E-state index in [2.05, 4.69) is 15.0 Å². The summed E-state index contributed by atoms with van der Waals surface area (Å²) in [6.07, 6.45) is 5.05. The SMILES string of the molecule is COC(=O)C(C)N=C1NC2(CCCC2)CS1. The summed E-state index contributed by atoms with van der Waals surface area (Å²) in [5.74, 6) is 0.807. The summed E-state index contributed by atoms with van der Waals surface area (Å²) in [6, 6.07) is -0.406. The van der Waals surface area contributed by atoms with Gasteiger partial charge in [0, 0.05) is 11.3 Å². The fourth-order valence-electron chi connectivity index (χ4n) is 2.30. The summed E-state index contributed by atoms with van der Waals surface area (Å²) in [7, 11) is 1.40. The largest absolute Gasteiger partial charge is 0.467 e. The van der Waals surface area contributed by atoms with Gasteiger partial charge in [-0.25, -0.2) is 9.79 Å². The summed E-state index contributed by atoms with van der Waals surface area (Å²) in [5, 5.41) is 4.38. The van der Waals surface area contributed by atoms with E-state index < -0.39 is 6.04 Å². The highest BCUT2D eigenvalue weighted by Gasteiger charge is 2.39. The van der Waals surface area contributed by atoms with E-state index in [1.165, 1.54) is 32.8 Å². The summed E-state index contributed by atoms with van der Waals surface area (Å²) < 4.78 is 4.66. The average molecular weight is 242 g/mol. The topological polar surface area (TPSA) is 50.7 Å². The molecule has 1 spiro atoms. The second kappa shape index (κ2) is 4.65. The first-order chi connectivity index (χ1) is 7.65. The van der Waals surface area contributed by atoms with Gasteiger partial charge < -0.3 is 10.1 Å². The molecule has 1 saturated carbocycles. The molecule has 4 nitrogen and oxygen atoms in total. The Labute approximate surface area is 100 Å². The molecule has 1 aliphatic heterocycles. The van der Waals surface area contributed by atoms with Crippen LogP contribution >= 0.6 is 11.8 Å². The molecule has 1 saturated heterocycles. The van der Waals surface area contributed by atoms with Gasteiger partial charge in [0.05, 0.1) is 7.11 Å². The molecule has 16 heavy (non-hydrogen) atoms. The average Bonchev–Trinajstić information content (AvgIpc) is 2.89. The van der Waals surface area contributed by atoms with Crippen molar-refractivity contribution in [3.8, 4) is 0 Å². The molecule has 1 unspecified atom stereocenters. The van der Waals surface area contributed by atoms with E-state index in [9.17, 15) is 4.79 Å². The van der Waals surface area contributed by atoms with Crippen molar-refractivity contribution in [3.05, 3.63) is 0 Å². The molecule has 1 N–H and O–H groups in total. The number of carbonyl (C=O) groups excluding carboxylic acids is 1. The van der Waals surface area contributed by atoms with E-state index in [0.29, 0.717) is 0 Å². The smallest absolute Gasteiger partial charge is 0.330 e. The lowest BCUT2D eigenvalue weighted by Gasteiger charge is -2.21. The van der Waals surface area contributed by atoms with Crippen LogP contribution in [0.15, 0.2) is 4.99 Å². The van der Waals surface area contributed by atoms with Crippen LogP contribution in [-0.4, -0.2) is 35.6 Å². The Morgan fingerprint density at radius 2 is 2.25 bits per heavy atom. The van der Waals surface area contributed by atoms with Gasteiger partial charge in [0.2, 0.25) is 0 Å². The summed E-state index contributed by atoms with van der Waals surface area (Å²) in [6.45, 7) is 1.76. The van der Waals surface area contributed by atoms with Gasteiger partial charge >= 0.3 is 5.97 Å². The van der Waals surface area contributed by atoms with E-state index in [4.69, 9.17) is 0 Å². The zero-order valence-electron chi connectivity index (χ0n) is 9.78. The van der Waals surface area contributed by atoms with Crippen molar-refractivity contribution in [2.75, 3.05) is 12.9 Å². The molecule has 2 aliphatic rings. The molecule has 1 heterocycles. The zero-order chi connectivity index (χ0) is 11.6. The molecule has 2 fully saturated rings. The van der Waals surface area contributed by atoms with Gasteiger partial charge in [0.15, 0.2) is 5.17 Å². The van der Waals surface area contributed by atoms with Crippen molar-refractivity contribution in [2.24, 2.45) is 4.99 Å². The van der Waals surface area contributed by atoms with Crippen LogP contribution in [0.2, 0.25) is 0 Å². The number of methoxy groups -OCH3 is 1. The number of carbonyl (C=O) groups is 1. The lowest BCUT2D eigenvalue weighted by atomic mass is 10.0. The highest BCUT2D eigenvalue weighted by atomic mass is 32.2. The molecule has 0 radical (unpaired) electrons. The lowest BCUT2D eigenvalue weighted by molar-refractivity contribution is -0.141. The predicted molar refractivity (Wildman–Crippen MR) is 65.7 cm³/mol. The normalized spacial score (nSPS) is 27.0. The number of esters is 1. The van der Waals surface area contributed by atoms with Crippen LogP contribution < -0.4 is 5.32 Å². The predicted octanol–water partition coefficient (Wildman–Crippen LogP) is 1.55. The highest BCUT2D eigenvalue weighted by Crippen LogP contribution is 2.37. The Balaban J connectivity index is 1.97. The molecule has 0 bridgehead atoms. The maximum Gasteiger partial charge on any atom is 0.330 e. The van der Waals surface area contributed by atoms with Gasteiger partial charge in [0.1, 0.15) is 6.04 Å². The second-order valence-electron chi connectivity index (χ2n) is 4.53. The molecular formula is C11H18N2O2S. The highest BCUT2D eigenvalue weighted by molar-refractivity contribution is 8.14. The number of ether oxygens (including phenoxy) is 1. The molecule has 0 amide bonds. The minimum absolute atomic E-state index is 0.263. The van der Waals surface area contributed by atoms with Crippen molar-refractivity contribution in [3.63, 3.8) is 0 Å². The van der Waals surface area contributed by atoms with Crippen LogP contribution in [0.25, 0.3) is 0 Å². The number of hydrogen-bond donors (Lipinski definition) is 1. The molecule has 2 rings (SSSR count). The molecule has 1 atom stereocenters. The molecule has 90 valence electrons. The standard InChI is InChI=1S/C11H18N2O2S/c1-8(9(14)15-2)12-10-13-11(7-16-10)5-3-4-6-11/h8H,3-7H2,1-2H3,(H,12,13). The quantitative estimate of drug-likeness (QED) is 0.747. The van der Waals surface area contributed by atoms with Crippen LogP contribution in [0.5, 0.6) is 0 Å². The van der Waals surface area contributed by atoms with Crippen molar-refractivity contribution in [2.45, 2.75) is 44.2 Å². The van der Waals surface area contributed by atoms with Crippen LogP contribution in [0.3, 0.4) is 0 Å². The van der Waals surface area contributed by atoms with Crippen LogP contribution in [0.4, 0.5) is 0 Å². The van der Waals surface area contributed by atoms with E-state index in [0.717, 1.165) is 10.9 Å². The van der Waals surface area contributed by atoms with E-state index in [1.54, 1.807) is 18.7 Å². The first kappa shape index (κ1) is 11.8. The summed E-state index contributed by atoms with van der Waals surface area (Å²) in [5.41, 5.74) is 0.263. The van der Waals surface area contributed by atoms with Crippen LogP contribution in [0, 0.1) is 0 Å². The molecule has 0 aromatic carbocycles. The Bertz CT molecular complexity index is 311. The minimum atomic E-state index is -0.406. The first-order valence-corrected chi connectivity index (χ1v) is 6.70. The van der Waals surface area contributed by atoms with Gasteiger partial charge in [-0.2, -0.15) is 0 Å². The number of nitrogens with one attached hydrogen (secondary N) is 1. The third kappa shape index (κ3) is 2.34. The lowest BCUT2D eigenvalue weighted by Crippen LogP contribution is -2.41. The van der Waals surface area contributed by atoms with Gasteiger partial charge in [-0.15, -0.1) is 0 Å². The molecule has 0 aromatic rings. The Hall–Kier alpha value is -0.710. The number of thioether (sulfide) groups is 1. The number of nitrogens with zero attached hydrogens (tertiary/aromatic N) is 1.